The van der Waals surface area contributed by atoms with Gasteiger partial charge in [0.1, 0.15) is 14.1 Å². The molecular weight excluding hydrogens is 360 g/mol. The van der Waals surface area contributed by atoms with E-state index in [2.05, 4.69) is 56.0 Å². The van der Waals surface area contributed by atoms with E-state index in [1.807, 2.05) is 0 Å². The first kappa shape index (κ1) is 22.4. The van der Waals surface area contributed by atoms with Gasteiger partial charge in [-0.2, -0.15) is 0 Å². The summed E-state index contributed by atoms with van der Waals surface area (Å²) in [5.74, 6) is 1.06. The van der Waals surface area contributed by atoms with E-state index < -0.39 is 26.0 Å². The topological polar surface area (TPSA) is 95.5 Å². The van der Waals surface area contributed by atoms with Crippen molar-refractivity contribution in [1.82, 2.24) is 5.32 Å². The number of anilines is 1. The predicted octanol–water partition coefficient (Wildman–Crippen LogP) is 3.27. The lowest BCUT2D eigenvalue weighted by molar-refractivity contribution is -0.139. The summed E-state index contributed by atoms with van der Waals surface area (Å²) in [6.07, 6.45) is 0.0406. The average Bonchev–Trinajstić information content (AvgIpc) is 2.52. The molecule has 3 N–H and O–H groups in total. The lowest BCUT2D eigenvalue weighted by Gasteiger charge is -2.31. The Morgan fingerprint density at radius 1 is 1.22 bits per heavy atom. The van der Waals surface area contributed by atoms with Crippen LogP contribution in [-0.4, -0.2) is 37.0 Å². The van der Waals surface area contributed by atoms with Gasteiger partial charge in [0.05, 0.1) is 0 Å². The Balaban J connectivity index is 2.88. The van der Waals surface area contributed by atoms with Crippen molar-refractivity contribution in [3.05, 3.63) is 29.8 Å². The number of hydrogen-bond donors (Lipinski definition) is 3. The van der Waals surface area contributed by atoms with Crippen LogP contribution in [0.4, 0.5) is 5.69 Å². The summed E-state index contributed by atoms with van der Waals surface area (Å²) >= 11 is 0. The summed E-state index contributed by atoms with van der Waals surface area (Å²) in [5, 5.41) is 14.6. The van der Waals surface area contributed by atoms with Crippen LogP contribution in [0.1, 0.15) is 44.5 Å². The predicted molar refractivity (Wildman–Crippen MR) is 109 cm³/mol. The van der Waals surface area contributed by atoms with Gasteiger partial charge in [-0.05, 0) is 23.2 Å². The highest BCUT2D eigenvalue weighted by Gasteiger charge is 2.33. The minimum atomic E-state index is -1.84. The maximum absolute atomic E-state index is 12.4. The van der Waals surface area contributed by atoms with Crippen LogP contribution in [0.15, 0.2) is 24.3 Å². The van der Waals surface area contributed by atoms with E-state index in [-0.39, 0.29) is 22.9 Å². The molecule has 1 aromatic carbocycles. The summed E-state index contributed by atoms with van der Waals surface area (Å²) in [4.78, 5) is 35.0. The molecule has 1 atom stereocenters. The van der Waals surface area contributed by atoms with Crippen LogP contribution in [0, 0.1) is 11.5 Å². The summed E-state index contributed by atoms with van der Waals surface area (Å²) in [7, 11) is -1.84. The highest BCUT2D eigenvalue weighted by atomic mass is 28.3. The number of aliphatic carboxylic acids is 1. The summed E-state index contributed by atoms with van der Waals surface area (Å²) in [5.41, 5.74) is 4.00. The molecule has 0 aromatic heterocycles. The van der Waals surface area contributed by atoms with E-state index in [0.29, 0.717) is 5.69 Å². The van der Waals surface area contributed by atoms with Gasteiger partial charge in [0.15, 0.2) is 0 Å². The number of carbonyl (C=O) groups excluding carboxylic acids is 2. The quantitative estimate of drug-likeness (QED) is 0.533. The third-order valence-electron chi connectivity index (χ3n) is 4.63. The van der Waals surface area contributed by atoms with Crippen LogP contribution in [-0.2, 0) is 9.59 Å². The molecule has 1 rings (SSSR count). The molecule has 7 heteroatoms. The van der Waals surface area contributed by atoms with Gasteiger partial charge in [0.25, 0.3) is 5.91 Å². The van der Waals surface area contributed by atoms with Crippen molar-refractivity contribution in [2.24, 2.45) is 0 Å². The van der Waals surface area contributed by atoms with E-state index in [1.54, 1.807) is 18.2 Å². The second kappa shape index (κ2) is 8.87. The van der Waals surface area contributed by atoms with Crippen LogP contribution in [0.5, 0.6) is 0 Å². The minimum absolute atomic E-state index is 0.0406. The lowest BCUT2D eigenvalue weighted by Crippen LogP contribution is -2.41. The maximum atomic E-state index is 12.4. The fourth-order valence-corrected chi connectivity index (χ4v) is 2.86. The second-order valence-corrected chi connectivity index (χ2v) is 13.0. The molecule has 0 radical (unpaired) electrons. The molecule has 0 aliphatic heterocycles. The van der Waals surface area contributed by atoms with Crippen LogP contribution in [0.2, 0.25) is 18.1 Å². The number of nitrogens with one attached hydrogen (secondary N) is 2. The molecule has 0 aliphatic carbocycles. The highest BCUT2D eigenvalue weighted by molar-refractivity contribution is 6.87. The number of carboxylic acids is 1. The van der Waals surface area contributed by atoms with E-state index in [1.165, 1.54) is 13.0 Å². The van der Waals surface area contributed by atoms with Gasteiger partial charge in [0, 0.05) is 24.6 Å². The number of carboxylic acid groups (broad SMARTS) is 1. The van der Waals surface area contributed by atoms with Crippen molar-refractivity contribution in [2.75, 3.05) is 5.32 Å². The fourth-order valence-electron chi connectivity index (χ4n) is 1.94. The van der Waals surface area contributed by atoms with Gasteiger partial charge in [-0.15, -0.1) is 11.5 Å². The second-order valence-electron chi connectivity index (χ2n) is 8.01. The molecule has 0 unspecified atom stereocenters. The molecule has 146 valence electrons. The van der Waals surface area contributed by atoms with Crippen LogP contribution < -0.4 is 10.6 Å². The Morgan fingerprint density at radius 2 is 1.85 bits per heavy atom. The molecule has 0 aliphatic rings. The van der Waals surface area contributed by atoms with Crippen molar-refractivity contribution in [3.63, 3.8) is 0 Å². The number of rotatable bonds is 5. The van der Waals surface area contributed by atoms with Gasteiger partial charge in [-0.3, -0.25) is 9.59 Å². The van der Waals surface area contributed by atoms with Crippen molar-refractivity contribution < 1.29 is 19.5 Å². The number of benzene rings is 1. The molecule has 27 heavy (non-hydrogen) atoms. The Hall–Kier alpha value is -2.59. The zero-order valence-corrected chi connectivity index (χ0v) is 17.8. The van der Waals surface area contributed by atoms with E-state index in [4.69, 9.17) is 0 Å². The molecule has 0 saturated carbocycles. The van der Waals surface area contributed by atoms with E-state index in [0.717, 1.165) is 0 Å². The van der Waals surface area contributed by atoms with Gasteiger partial charge < -0.3 is 15.7 Å². The van der Waals surface area contributed by atoms with Crippen LogP contribution in [0.3, 0.4) is 0 Å². The van der Waals surface area contributed by atoms with Crippen molar-refractivity contribution >= 4 is 31.5 Å². The number of hydrogen-bond acceptors (Lipinski definition) is 3. The first-order chi connectivity index (χ1) is 12.3. The lowest BCUT2D eigenvalue weighted by atomic mass is 10.1. The normalized spacial score (nSPS) is 12.4. The fraction of sp³-hybridized carbons (Fsp3) is 0.450. The molecule has 0 saturated heterocycles. The summed E-state index contributed by atoms with van der Waals surface area (Å²) in [6.45, 7) is 12.0. The monoisotopic (exact) mass is 388 g/mol. The van der Waals surface area contributed by atoms with Crippen molar-refractivity contribution in [1.29, 1.82) is 0 Å². The van der Waals surface area contributed by atoms with Crippen LogP contribution in [0.25, 0.3) is 0 Å². The van der Waals surface area contributed by atoms with E-state index >= 15 is 0 Å². The molecule has 0 bridgehead atoms. The Morgan fingerprint density at radius 3 is 2.37 bits per heavy atom. The molecule has 1 aromatic rings. The van der Waals surface area contributed by atoms with Gasteiger partial charge in [-0.1, -0.05) is 39.9 Å². The maximum Gasteiger partial charge on any atom is 0.327 e. The van der Waals surface area contributed by atoms with E-state index in [9.17, 15) is 19.5 Å². The molecule has 2 amide bonds. The van der Waals surface area contributed by atoms with Crippen molar-refractivity contribution in [3.8, 4) is 11.5 Å². The standard InChI is InChI=1S/C20H28N2O4Si/c1-14(23)21-16-10-7-9-15(13-16)18(24)22-17(19(25)26)11-8-12-27(5,6)20(2,3)4/h7,9-10,13,17H,11H2,1-6H3,(H,21,23)(H,22,24)(H,25,26)/t17-/m0/s1. The van der Waals surface area contributed by atoms with Crippen molar-refractivity contribution in [2.45, 2.75) is 58.3 Å². The number of amides is 2. The Labute approximate surface area is 161 Å². The summed E-state index contributed by atoms with van der Waals surface area (Å²) in [6, 6.07) is 5.22. The Kier molecular flexibility index (Phi) is 7.37. The molecule has 0 heterocycles. The third kappa shape index (κ3) is 6.91. The Bertz CT molecular complexity index is 785. The number of carbonyl (C=O) groups is 3. The summed E-state index contributed by atoms with van der Waals surface area (Å²) < 4.78 is 0. The minimum Gasteiger partial charge on any atom is -0.480 e. The van der Waals surface area contributed by atoms with Gasteiger partial charge >= 0.3 is 5.97 Å². The first-order valence-electron chi connectivity index (χ1n) is 8.75. The average molecular weight is 389 g/mol. The molecule has 0 spiro atoms. The van der Waals surface area contributed by atoms with Gasteiger partial charge in [0.2, 0.25) is 5.91 Å². The molecular formula is C20H28N2O4Si. The first-order valence-corrected chi connectivity index (χ1v) is 11.7. The SMILES string of the molecule is CC(=O)Nc1cccc(C(=O)N[C@@H](CC#C[Si](C)(C)C(C)(C)C)C(=O)O)c1. The zero-order valence-electron chi connectivity index (χ0n) is 16.8. The molecule has 0 fully saturated rings. The van der Waals surface area contributed by atoms with Crippen LogP contribution >= 0.6 is 0 Å². The molecule has 6 nitrogen and oxygen atoms in total. The third-order valence-corrected chi connectivity index (χ3v) is 9.18. The smallest absolute Gasteiger partial charge is 0.327 e. The largest absolute Gasteiger partial charge is 0.480 e. The zero-order chi connectivity index (χ0) is 20.8. The highest BCUT2D eigenvalue weighted by Crippen LogP contribution is 2.35. The van der Waals surface area contributed by atoms with Gasteiger partial charge in [-0.25, -0.2) is 4.79 Å².